The summed E-state index contributed by atoms with van der Waals surface area (Å²) in [5.41, 5.74) is 5.69. The summed E-state index contributed by atoms with van der Waals surface area (Å²) < 4.78 is 13.8. The molecule has 1 heterocycles. The van der Waals surface area contributed by atoms with Gasteiger partial charge >= 0.3 is 0 Å². The number of thiazole rings is 1. The summed E-state index contributed by atoms with van der Waals surface area (Å²) >= 11 is 1.17. The molecular weight excluding hydrogens is 301 g/mol. The van der Waals surface area contributed by atoms with Gasteiger partial charge in [-0.3, -0.25) is 4.79 Å². The molecule has 22 heavy (non-hydrogen) atoms. The zero-order chi connectivity index (χ0) is 16.3. The molecule has 0 bridgehead atoms. The van der Waals surface area contributed by atoms with E-state index in [9.17, 15) is 9.18 Å². The topological polar surface area (TPSA) is 68.0 Å². The number of rotatable bonds is 5. The molecule has 2 rings (SSSR count). The van der Waals surface area contributed by atoms with Gasteiger partial charge in [0.25, 0.3) is 5.91 Å². The van der Waals surface area contributed by atoms with Crippen molar-refractivity contribution in [1.29, 1.82) is 0 Å². The van der Waals surface area contributed by atoms with Crippen LogP contribution in [0.15, 0.2) is 30.5 Å². The first kappa shape index (κ1) is 16.6. The lowest BCUT2D eigenvalue weighted by atomic mass is 9.88. The lowest BCUT2D eigenvalue weighted by Gasteiger charge is -2.33. The Bertz CT molecular complexity index is 671. The Morgan fingerprint density at radius 3 is 2.73 bits per heavy atom. The quantitative estimate of drug-likeness (QED) is 0.889. The van der Waals surface area contributed by atoms with Gasteiger partial charge in [0, 0.05) is 12.1 Å². The first-order chi connectivity index (χ1) is 10.4. The predicted molar refractivity (Wildman–Crippen MR) is 87.3 cm³/mol. The normalized spacial score (nSPS) is 13.9. The molecule has 0 radical (unpaired) electrons. The van der Waals surface area contributed by atoms with E-state index in [0.717, 1.165) is 0 Å². The fraction of sp³-hybridized carbons (Fsp3) is 0.375. The number of aromatic nitrogens is 1. The number of carbonyl (C=O) groups is 1. The van der Waals surface area contributed by atoms with Gasteiger partial charge in [0.15, 0.2) is 0 Å². The van der Waals surface area contributed by atoms with Gasteiger partial charge in [-0.05, 0) is 25.0 Å². The van der Waals surface area contributed by atoms with Crippen molar-refractivity contribution in [2.75, 3.05) is 6.54 Å². The molecule has 0 aliphatic carbocycles. The van der Waals surface area contributed by atoms with Crippen molar-refractivity contribution >= 4 is 17.2 Å². The number of amides is 1. The van der Waals surface area contributed by atoms with Crippen molar-refractivity contribution in [3.63, 3.8) is 0 Å². The summed E-state index contributed by atoms with van der Waals surface area (Å²) in [5.74, 6) is -0.389. The lowest BCUT2D eigenvalue weighted by Crippen LogP contribution is -2.54. The first-order valence-corrected chi connectivity index (χ1v) is 7.92. The van der Waals surface area contributed by atoms with Gasteiger partial charge in [-0.25, -0.2) is 9.37 Å². The molecule has 0 saturated carbocycles. The number of hydrogen-bond donors (Lipinski definition) is 2. The third-order valence-corrected chi connectivity index (χ3v) is 4.96. The fourth-order valence-electron chi connectivity index (χ4n) is 1.89. The van der Waals surface area contributed by atoms with Gasteiger partial charge < -0.3 is 11.1 Å². The van der Waals surface area contributed by atoms with Crippen LogP contribution < -0.4 is 11.1 Å². The number of nitrogens with two attached hydrogens (primary N) is 1. The van der Waals surface area contributed by atoms with Crippen molar-refractivity contribution < 1.29 is 9.18 Å². The van der Waals surface area contributed by atoms with Crippen molar-refractivity contribution in [2.45, 2.75) is 26.3 Å². The van der Waals surface area contributed by atoms with Crippen LogP contribution in [-0.4, -0.2) is 23.0 Å². The maximum atomic E-state index is 13.8. The molecule has 1 aromatic heterocycles. The summed E-state index contributed by atoms with van der Waals surface area (Å²) in [6, 6.07) is 6.38. The first-order valence-electron chi connectivity index (χ1n) is 7.10. The Kier molecular flexibility index (Phi) is 4.93. The Morgan fingerprint density at radius 1 is 1.45 bits per heavy atom. The van der Waals surface area contributed by atoms with Crippen LogP contribution in [0, 0.1) is 11.7 Å². The van der Waals surface area contributed by atoms with E-state index in [2.05, 4.69) is 10.3 Å². The molecule has 0 aliphatic rings. The molecule has 6 heteroatoms. The van der Waals surface area contributed by atoms with Crippen LogP contribution in [0.3, 0.4) is 0 Å². The lowest BCUT2D eigenvalue weighted by molar-refractivity contribution is 0.0887. The van der Waals surface area contributed by atoms with Crippen LogP contribution in [0.25, 0.3) is 10.6 Å². The maximum Gasteiger partial charge on any atom is 0.263 e. The van der Waals surface area contributed by atoms with E-state index in [-0.39, 0.29) is 17.6 Å². The minimum absolute atomic E-state index is 0.195. The van der Waals surface area contributed by atoms with Crippen molar-refractivity contribution in [1.82, 2.24) is 10.3 Å². The third kappa shape index (κ3) is 3.34. The number of nitrogens with zero attached hydrogens (tertiary/aromatic N) is 1. The second kappa shape index (κ2) is 6.54. The summed E-state index contributed by atoms with van der Waals surface area (Å²) in [5, 5.41) is 3.44. The van der Waals surface area contributed by atoms with Crippen LogP contribution in [-0.2, 0) is 0 Å². The minimum atomic E-state index is -0.487. The third-order valence-electron chi connectivity index (χ3n) is 3.93. The van der Waals surface area contributed by atoms with Gasteiger partial charge in [0.2, 0.25) is 0 Å². The average Bonchev–Trinajstić information content (AvgIpc) is 2.97. The largest absolute Gasteiger partial charge is 0.345 e. The molecule has 0 fully saturated rings. The second-order valence-electron chi connectivity index (χ2n) is 5.74. The summed E-state index contributed by atoms with van der Waals surface area (Å²) in [6.07, 6.45) is 1.47. The number of benzene rings is 1. The minimum Gasteiger partial charge on any atom is -0.345 e. The molecule has 1 aromatic carbocycles. The number of carbonyl (C=O) groups excluding carboxylic acids is 1. The van der Waals surface area contributed by atoms with E-state index >= 15 is 0 Å². The Labute approximate surface area is 133 Å². The van der Waals surface area contributed by atoms with E-state index in [0.29, 0.717) is 22.0 Å². The monoisotopic (exact) mass is 321 g/mol. The zero-order valence-corrected chi connectivity index (χ0v) is 13.7. The maximum absolute atomic E-state index is 13.8. The Balaban J connectivity index is 2.22. The van der Waals surface area contributed by atoms with Crippen LogP contribution in [0.1, 0.15) is 30.4 Å². The van der Waals surface area contributed by atoms with Gasteiger partial charge in [-0.2, -0.15) is 0 Å². The van der Waals surface area contributed by atoms with Crippen LogP contribution in [0.5, 0.6) is 0 Å². The van der Waals surface area contributed by atoms with E-state index < -0.39 is 5.54 Å². The van der Waals surface area contributed by atoms with Gasteiger partial charge in [-0.15, -0.1) is 11.3 Å². The SMILES string of the molecule is CC(C)C(C)(CN)NC(=O)c1cnc(-c2ccccc2F)s1. The predicted octanol–water partition coefficient (Wildman–Crippen LogP) is 3.05. The second-order valence-corrected chi connectivity index (χ2v) is 6.77. The summed E-state index contributed by atoms with van der Waals surface area (Å²) in [4.78, 5) is 17.0. The highest BCUT2D eigenvalue weighted by Gasteiger charge is 2.29. The molecule has 2 aromatic rings. The van der Waals surface area contributed by atoms with Crippen molar-refractivity contribution in [3.05, 3.63) is 41.2 Å². The molecule has 0 aliphatic heterocycles. The molecule has 3 N–H and O–H groups in total. The summed E-state index contributed by atoms with van der Waals surface area (Å²) in [7, 11) is 0. The highest BCUT2D eigenvalue weighted by molar-refractivity contribution is 7.16. The summed E-state index contributed by atoms with van der Waals surface area (Å²) in [6.45, 7) is 6.26. The Morgan fingerprint density at radius 2 is 2.14 bits per heavy atom. The van der Waals surface area contributed by atoms with Gasteiger partial charge in [0.05, 0.1) is 11.7 Å². The standard InChI is InChI=1S/C16H20FN3OS/c1-10(2)16(3,9-18)20-14(21)13-8-19-15(22-13)11-6-4-5-7-12(11)17/h4-8,10H,9,18H2,1-3H3,(H,20,21). The smallest absolute Gasteiger partial charge is 0.263 e. The molecule has 4 nitrogen and oxygen atoms in total. The van der Waals surface area contributed by atoms with Crippen LogP contribution in [0.2, 0.25) is 0 Å². The van der Waals surface area contributed by atoms with Crippen molar-refractivity contribution in [2.24, 2.45) is 11.7 Å². The Hall–Kier alpha value is -1.79. The molecule has 0 spiro atoms. The van der Waals surface area contributed by atoms with Crippen LogP contribution in [0.4, 0.5) is 4.39 Å². The molecule has 118 valence electrons. The molecule has 1 atom stereocenters. The molecule has 1 amide bonds. The van der Waals surface area contributed by atoms with Crippen molar-refractivity contribution in [3.8, 4) is 10.6 Å². The number of nitrogens with one attached hydrogen (secondary N) is 1. The fourth-order valence-corrected chi connectivity index (χ4v) is 2.73. The average molecular weight is 321 g/mol. The van der Waals surface area contributed by atoms with E-state index in [1.165, 1.54) is 23.6 Å². The number of halogens is 1. The number of hydrogen-bond acceptors (Lipinski definition) is 4. The van der Waals surface area contributed by atoms with Crippen LogP contribution >= 0.6 is 11.3 Å². The molecule has 0 saturated heterocycles. The van der Waals surface area contributed by atoms with Gasteiger partial charge in [-0.1, -0.05) is 26.0 Å². The van der Waals surface area contributed by atoms with E-state index in [1.807, 2.05) is 20.8 Å². The highest BCUT2D eigenvalue weighted by Crippen LogP contribution is 2.27. The van der Waals surface area contributed by atoms with E-state index in [1.54, 1.807) is 18.2 Å². The molecule has 1 unspecified atom stereocenters. The highest BCUT2D eigenvalue weighted by atomic mass is 32.1. The van der Waals surface area contributed by atoms with Gasteiger partial charge in [0.1, 0.15) is 15.7 Å². The van der Waals surface area contributed by atoms with E-state index in [4.69, 9.17) is 5.73 Å². The zero-order valence-electron chi connectivity index (χ0n) is 12.9. The molecular formula is C16H20FN3OS.